The number of carbonyl (C=O) groups excluding carboxylic acids is 1. The minimum Gasteiger partial charge on any atom is -0.497 e. The number of nitrogens with zero attached hydrogens (tertiary/aromatic N) is 2. The molecule has 3 aromatic rings. The van der Waals surface area contributed by atoms with E-state index in [9.17, 15) is 4.79 Å². The second-order valence-electron chi connectivity index (χ2n) is 8.05. The van der Waals surface area contributed by atoms with Crippen molar-refractivity contribution in [3.63, 3.8) is 0 Å². The Kier molecular flexibility index (Phi) is 4.08. The Morgan fingerprint density at radius 3 is 2.82 bits per heavy atom. The first-order valence-electron chi connectivity index (χ1n) is 9.97. The third kappa shape index (κ3) is 3.03. The highest BCUT2D eigenvalue weighted by atomic mass is 16.5. The van der Waals surface area contributed by atoms with Gasteiger partial charge in [-0.05, 0) is 54.7 Å². The van der Waals surface area contributed by atoms with Gasteiger partial charge in [0, 0.05) is 36.0 Å². The van der Waals surface area contributed by atoms with Gasteiger partial charge in [0.05, 0.1) is 12.6 Å². The molecule has 1 fully saturated rings. The van der Waals surface area contributed by atoms with E-state index >= 15 is 0 Å². The topological polar surface area (TPSA) is 42.4 Å². The molecule has 142 valence electrons. The van der Waals surface area contributed by atoms with Crippen molar-refractivity contribution < 1.29 is 9.53 Å². The number of para-hydroxylation sites is 1. The van der Waals surface area contributed by atoms with Crippen molar-refractivity contribution in [1.82, 2.24) is 9.88 Å². The van der Waals surface area contributed by atoms with Crippen LogP contribution in [-0.2, 0) is 23.2 Å². The highest BCUT2D eigenvalue weighted by Gasteiger charge is 2.50. The molecule has 2 aromatic carbocycles. The molecule has 0 saturated heterocycles. The van der Waals surface area contributed by atoms with Crippen LogP contribution in [0.25, 0.3) is 10.9 Å². The lowest BCUT2D eigenvalue weighted by molar-refractivity contribution is -0.132. The Bertz CT molecular complexity index is 1060. The summed E-state index contributed by atoms with van der Waals surface area (Å²) in [7, 11) is 1.71. The first-order valence-corrected chi connectivity index (χ1v) is 9.97. The van der Waals surface area contributed by atoms with Crippen LogP contribution in [0.2, 0.25) is 0 Å². The van der Waals surface area contributed by atoms with Crippen LogP contribution in [0.3, 0.4) is 0 Å². The summed E-state index contributed by atoms with van der Waals surface area (Å²) in [6, 6.07) is 18.5. The Morgan fingerprint density at radius 1 is 1.14 bits per heavy atom. The molecule has 1 amide bonds. The third-order valence-corrected chi connectivity index (χ3v) is 6.20. The molecule has 1 aliphatic heterocycles. The lowest BCUT2D eigenvalue weighted by Crippen LogP contribution is -2.41. The number of hydrogen-bond acceptors (Lipinski definition) is 3. The normalized spacial score (nSPS) is 16.8. The van der Waals surface area contributed by atoms with Gasteiger partial charge in [-0.2, -0.15) is 0 Å². The number of aromatic nitrogens is 1. The van der Waals surface area contributed by atoms with Crippen LogP contribution in [0, 0.1) is 0 Å². The summed E-state index contributed by atoms with van der Waals surface area (Å²) in [4.78, 5) is 19.7. The molecule has 1 saturated carbocycles. The number of carbonyl (C=O) groups is 1. The fraction of sp³-hybridized carbons (Fsp3) is 0.333. The van der Waals surface area contributed by atoms with Gasteiger partial charge in [0.1, 0.15) is 5.75 Å². The summed E-state index contributed by atoms with van der Waals surface area (Å²) in [6.45, 7) is 1.53. The minimum atomic E-state index is 0.152. The molecule has 0 radical (unpaired) electrons. The van der Waals surface area contributed by atoms with Crippen molar-refractivity contribution >= 4 is 16.8 Å². The van der Waals surface area contributed by atoms with Crippen LogP contribution in [-0.4, -0.2) is 29.4 Å². The van der Waals surface area contributed by atoms with Gasteiger partial charge < -0.3 is 9.64 Å². The van der Waals surface area contributed by atoms with Crippen LogP contribution >= 0.6 is 0 Å². The quantitative estimate of drug-likeness (QED) is 0.688. The molecule has 0 unspecified atom stereocenters. The number of rotatable bonds is 4. The largest absolute Gasteiger partial charge is 0.497 e. The number of ether oxygens (including phenoxy) is 1. The SMILES string of the molecule is COc1ccc2c(c1)C1(CC1)CN(C(=O)CCc1ccc3ccccc3n1)C2. The van der Waals surface area contributed by atoms with Crippen molar-refractivity contribution in [3.8, 4) is 5.75 Å². The molecule has 1 aromatic heterocycles. The predicted molar refractivity (Wildman–Crippen MR) is 109 cm³/mol. The molecule has 28 heavy (non-hydrogen) atoms. The number of fused-ring (bicyclic) bond motifs is 3. The fourth-order valence-corrected chi connectivity index (χ4v) is 4.42. The van der Waals surface area contributed by atoms with Gasteiger partial charge in [-0.1, -0.05) is 30.3 Å². The highest BCUT2D eigenvalue weighted by Crippen LogP contribution is 2.53. The van der Waals surface area contributed by atoms with Gasteiger partial charge in [-0.15, -0.1) is 0 Å². The summed E-state index contributed by atoms with van der Waals surface area (Å²) in [5, 5.41) is 1.14. The van der Waals surface area contributed by atoms with E-state index in [4.69, 9.17) is 9.72 Å². The number of methoxy groups -OCH3 is 1. The molecular weight excluding hydrogens is 348 g/mol. The lowest BCUT2D eigenvalue weighted by atomic mass is 9.86. The summed E-state index contributed by atoms with van der Waals surface area (Å²) in [6.07, 6.45) is 3.50. The van der Waals surface area contributed by atoms with Crippen LogP contribution < -0.4 is 4.74 Å². The second-order valence-corrected chi connectivity index (χ2v) is 8.05. The lowest BCUT2D eigenvalue weighted by Gasteiger charge is -2.35. The van der Waals surface area contributed by atoms with Gasteiger partial charge in [-0.3, -0.25) is 9.78 Å². The zero-order chi connectivity index (χ0) is 19.1. The Morgan fingerprint density at radius 2 is 2.00 bits per heavy atom. The zero-order valence-corrected chi connectivity index (χ0v) is 16.1. The number of benzene rings is 2. The van der Waals surface area contributed by atoms with Crippen LogP contribution in [0.5, 0.6) is 5.75 Å². The van der Waals surface area contributed by atoms with Crippen LogP contribution in [0.15, 0.2) is 54.6 Å². The van der Waals surface area contributed by atoms with E-state index in [0.29, 0.717) is 19.4 Å². The maximum atomic E-state index is 13.0. The first kappa shape index (κ1) is 17.2. The maximum Gasteiger partial charge on any atom is 0.223 e. The van der Waals surface area contributed by atoms with Gasteiger partial charge in [0.2, 0.25) is 5.91 Å². The fourth-order valence-electron chi connectivity index (χ4n) is 4.42. The molecule has 4 heteroatoms. The number of pyridine rings is 1. The molecule has 5 rings (SSSR count). The molecule has 2 heterocycles. The van der Waals surface area contributed by atoms with E-state index < -0.39 is 0 Å². The second kappa shape index (κ2) is 6.62. The smallest absolute Gasteiger partial charge is 0.223 e. The number of aryl methyl sites for hydroxylation is 1. The van der Waals surface area contributed by atoms with E-state index in [0.717, 1.165) is 41.7 Å². The highest BCUT2D eigenvalue weighted by molar-refractivity contribution is 5.79. The molecule has 1 aliphatic carbocycles. The van der Waals surface area contributed by atoms with Gasteiger partial charge in [0.25, 0.3) is 0 Å². The molecule has 4 nitrogen and oxygen atoms in total. The Hall–Kier alpha value is -2.88. The van der Waals surface area contributed by atoms with Crippen molar-refractivity contribution in [2.75, 3.05) is 13.7 Å². The van der Waals surface area contributed by atoms with E-state index in [1.807, 2.05) is 35.2 Å². The van der Waals surface area contributed by atoms with Gasteiger partial charge in [-0.25, -0.2) is 0 Å². The molecule has 1 spiro atoms. The van der Waals surface area contributed by atoms with E-state index in [2.05, 4.69) is 24.3 Å². The van der Waals surface area contributed by atoms with Crippen molar-refractivity contribution in [2.24, 2.45) is 0 Å². The van der Waals surface area contributed by atoms with Crippen LogP contribution in [0.1, 0.15) is 36.1 Å². The van der Waals surface area contributed by atoms with Gasteiger partial charge in [0.15, 0.2) is 0 Å². The third-order valence-electron chi connectivity index (χ3n) is 6.20. The average Bonchev–Trinajstić information content (AvgIpc) is 3.51. The maximum absolute atomic E-state index is 13.0. The van der Waals surface area contributed by atoms with Crippen molar-refractivity contribution in [2.45, 2.75) is 37.6 Å². The first-order chi connectivity index (χ1) is 13.7. The standard InChI is InChI=1S/C24H24N2O2/c1-28-20-10-7-18-15-26(16-24(12-13-24)21(18)14-20)23(27)11-9-19-8-6-17-4-2-3-5-22(17)25-19/h2-8,10,14H,9,11-13,15-16H2,1H3. The van der Waals surface area contributed by atoms with E-state index in [1.165, 1.54) is 11.1 Å². The molecule has 0 bridgehead atoms. The molecule has 2 aliphatic rings. The summed E-state index contributed by atoms with van der Waals surface area (Å²) >= 11 is 0. The Labute approximate surface area is 165 Å². The van der Waals surface area contributed by atoms with E-state index in [1.54, 1.807) is 7.11 Å². The number of amides is 1. The molecule has 0 atom stereocenters. The molecular formula is C24H24N2O2. The monoisotopic (exact) mass is 372 g/mol. The summed E-state index contributed by atoms with van der Waals surface area (Å²) in [5.74, 6) is 1.13. The molecule has 0 N–H and O–H groups in total. The minimum absolute atomic E-state index is 0.152. The zero-order valence-electron chi connectivity index (χ0n) is 16.1. The summed E-state index contributed by atoms with van der Waals surface area (Å²) < 4.78 is 5.41. The van der Waals surface area contributed by atoms with E-state index in [-0.39, 0.29) is 11.3 Å². The van der Waals surface area contributed by atoms with Gasteiger partial charge >= 0.3 is 0 Å². The van der Waals surface area contributed by atoms with Crippen molar-refractivity contribution in [1.29, 1.82) is 0 Å². The Balaban J connectivity index is 1.30. The number of hydrogen-bond donors (Lipinski definition) is 0. The predicted octanol–water partition coefficient (Wildman–Crippen LogP) is 4.25. The average molecular weight is 372 g/mol. The van der Waals surface area contributed by atoms with Crippen molar-refractivity contribution in [3.05, 3.63) is 71.4 Å². The summed E-state index contributed by atoms with van der Waals surface area (Å²) in [5.41, 5.74) is 4.77. The van der Waals surface area contributed by atoms with Crippen LogP contribution in [0.4, 0.5) is 0 Å².